The zero-order valence-corrected chi connectivity index (χ0v) is 10.5. The summed E-state index contributed by atoms with van der Waals surface area (Å²) in [6, 6.07) is 6.45. The highest BCUT2D eigenvalue weighted by molar-refractivity contribution is 5.48. The van der Waals surface area contributed by atoms with E-state index in [9.17, 15) is 4.39 Å². The summed E-state index contributed by atoms with van der Waals surface area (Å²) >= 11 is 0. The lowest BCUT2D eigenvalue weighted by Crippen LogP contribution is -2.22. The van der Waals surface area contributed by atoms with Crippen molar-refractivity contribution in [2.24, 2.45) is 0 Å². The van der Waals surface area contributed by atoms with Gasteiger partial charge in [-0.2, -0.15) is 5.26 Å². The van der Waals surface area contributed by atoms with Gasteiger partial charge in [-0.3, -0.25) is 0 Å². The molecule has 1 N–H and O–H groups in total. The lowest BCUT2D eigenvalue weighted by molar-refractivity contribution is 0.337. The van der Waals surface area contributed by atoms with Crippen molar-refractivity contribution in [3.63, 3.8) is 0 Å². The number of nitrogens with one attached hydrogen (secondary N) is 1. The molecule has 1 aliphatic rings. The van der Waals surface area contributed by atoms with Gasteiger partial charge in [0.1, 0.15) is 5.82 Å². The lowest BCUT2D eigenvalue weighted by Gasteiger charge is -2.14. The monoisotopic (exact) mass is 247 g/mol. The van der Waals surface area contributed by atoms with Crippen molar-refractivity contribution in [2.75, 3.05) is 31.5 Å². The van der Waals surface area contributed by atoms with Crippen molar-refractivity contribution < 1.29 is 4.39 Å². The van der Waals surface area contributed by atoms with Gasteiger partial charge < -0.3 is 10.2 Å². The smallest absolute Gasteiger partial charge is 0.147 e. The fourth-order valence-corrected chi connectivity index (χ4v) is 2.26. The van der Waals surface area contributed by atoms with E-state index in [1.165, 1.54) is 32.0 Å². The van der Waals surface area contributed by atoms with Gasteiger partial charge in [0, 0.05) is 6.54 Å². The van der Waals surface area contributed by atoms with Gasteiger partial charge in [-0.25, -0.2) is 4.39 Å². The molecule has 1 fully saturated rings. The fraction of sp³-hybridized carbons (Fsp3) is 0.500. The van der Waals surface area contributed by atoms with Crippen molar-refractivity contribution in [1.82, 2.24) is 4.90 Å². The summed E-state index contributed by atoms with van der Waals surface area (Å²) < 4.78 is 13.5. The summed E-state index contributed by atoms with van der Waals surface area (Å²) in [5.41, 5.74) is 0.838. The second-order valence-electron chi connectivity index (χ2n) is 4.64. The van der Waals surface area contributed by atoms with E-state index in [1.807, 2.05) is 6.07 Å². The Balaban J connectivity index is 1.74. The molecule has 0 amide bonds. The van der Waals surface area contributed by atoms with E-state index in [1.54, 1.807) is 12.1 Å². The third kappa shape index (κ3) is 3.44. The maximum absolute atomic E-state index is 13.5. The molecule has 0 unspecified atom stereocenters. The van der Waals surface area contributed by atoms with Crippen LogP contribution in [-0.2, 0) is 0 Å². The third-order valence-corrected chi connectivity index (χ3v) is 3.26. The van der Waals surface area contributed by atoms with Crippen LogP contribution in [0.1, 0.15) is 24.8 Å². The Kier molecular flexibility index (Phi) is 4.54. The highest BCUT2D eigenvalue weighted by Gasteiger charge is 2.10. The SMILES string of the molecule is N#Cc1ccc(NCCCN2CCCC2)c(F)c1. The van der Waals surface area contributed by atoms with Crippen LogP contribution in [0.15, 0.2) is 18.2 Å². The maximum Gasteiger partial charge on any atom is 0.147 e. The predicted molar refractivity (Wildman–Crippen MR) is 69.9 cm³/mol. The van der Waals surface area contributed by atoms with Crippen LogP contribution in [0.5, 0.6) is 0 Å². The lowest BCUT2D eigenvalue weighted by atomic mass is 10.2. The molecular formula is C14H18FN3. The molecule has 0 aromatic heterocycles. The summed E-state index contributed by atoms with van der Waals surface area (Å²) in [4.78, 5) is 2.44. The van der Waals surface area contributed by atoms with Crippen molar-refractivity contribution in [3.05, 3.63) is 29.6 Å². The van der Waals surface area contributed by atoms with Crippen LogP contribution >= 0.6 is 0 Å². The molecule has 1 aromatic rings. The molecular weight excluding hydrogens is 229 g/mol. The number of anilines is 1. The molecule has 0 saturated carbocycles. The zero-order valence-electron chi connectivity index (χ0n) is 10.5. The summed E-state index contributed by atoms with van der Waals surface area (Å²) in [6.07, 6.45) is 3.62. The van der Waals surface area contributed by atoms with Gasteiger partial charge in [0.2, 0.25) is 0 Å². The average molecular weight is 247 g/mol. The van der Waals surface area contributed by atoms with Gasteiger partial charge in [0.15, 0.2) is 0 Å². The van der Waals surface area contributed by atoms with Crippen LogP contribution in [0.25, 0.3) is 0 Å². The van der Waals surface area contributed by atoms with Crippen molar-refractivity contribution in [2.45, 2.75) is 19.3 Å². The van der Waals surface area contributed by atoms with Gasteiger partial charge in [-0.05, 0) is 57.1 Å². The Morgan fingerprint density at radius 1 is 1.33 bits per heavy atom. The standard InChI is InChI=1S/C14H18FN3/c15-13-10-12(11-16)4-5-14(13)17-6-3-9-18-7-1-2-8-18/h4-5,10,17H,1-3,6-9H2. The number of benzene rings is 1. The van der Waals surface area contributed by atoms with E-state index in [-0.39, 0.29) is 5.82 Å². The van der Waals surface area contributed by atoms with E-state index in [4.69, 9.17) is 5.26 Å². The summed E-state index contributed by atoms with van der Waals surface area (Å²) in [7, 11) is 0. The minimum atomic E-state index is -0.352. The maximum atomic E-state index is 13.5. The van der Waals surface area contributed by atoms with Crippen LogP contribution in [0, 0.1) is 17.1 Å². The highest BCUT2D eigenvalue weighted by Crippen LogP contribution is 2.15. The largest absolute Gasteiger partial charge is 0.383 e. The molecule has 1 aliphatic heterocycles. The summed E-state index contributed by atoms with van der Waals surface area (Å²) in [5, 5.41) is 11.7. The minimum Gasteiger partial charge on any atom is -0.383 e. The number of hydrogen-bond donors (Lipinski definition) is 1. The Morgan fingerprint density at radius 3 is 2.78 bits per heavy atom. The number of halogens is 1. The molecule has 1 aromatic carbocycles. The summed E-state index contributed by atoms with van der Waals surface area (Å²) in [5.74, 6) is -0.352. The molecule has 0 atom stereocenters. The Labute approximate surface area is 107 Å². The fourth-order valence-electron chi connectivity index (χ4n) is 2.26. The molecule has 4 heteroatoms. The van der Waals surface area contributed by atoms with Gasteiger partial charge in [0.25, 0.3) is 0 Å². The second kappa shape index (κ2) is 6.36. The van der Waals surface area contributed by atoms with Crippen molar-refractivity contribution >= 4 is 5.69 Å². The molecule has 2 rings (SSSR count). The quantitative estimate of drug-likeness (QED) is 0.813. The number of likely N-dealkylation sites (tertiary alicyclic amines) is 1. The minimum absolute atomic E-state index is 0.352. The Bertz CT molecular complexity index is 433. The average Bonchev–Trinajstić information content (AvgIpc) is 2.89. The van der Waals surface area contributed by atoms with Crippen LogP contribution in [0.4, 0.5) is 10.1 Å². The van der Waals surface area contributed by atoms with Gasteiger partial charge >= 0.3 is 0 Å². The van der Waals surface area contributed by atoms with Crippen LogP contribution in [0.2, 0.25) is 0 Å². The van der Waals surface area contributed by atoms with E-state index in [2.05, 4.69) is 10.2 Å². The number of nitrogens with zero attached hydrogens (tertiary/aromatic N) is 2. The third-order valence-electron chi connectivity index (χ3n) is 3.26. The van der Waals surface area contributed by atoms with Crippen LogP contribution in [-0.4, -0.2) is 31.1 Å². The first-order chi connectivity index (χ1) is 8.79. The van der Waals surface area contributed by atoms with Gasteiger partial charge in [-0.1, -0.05) is 0 Å². The molecule has 1 heterocycles. The van der Waals surface area contributed by atoms with E-state index < -0.39 is 0 Å². The Morgan fingerprint density at radius 2 is 2.11 bits per heavy atom. The second-order valence-corrected chi connectivity index (χ2v) is 4.64. The molecule has 0 aliphatic carbocycles. The number of hydrogen-bond acceptors (Lipinski definition) is 3. The zero-order chi connectivity index (χ0) is 12.8. The molecule has 0 bridgehead atoms. The first kappa shape index (κ1) is 12.8. The number of rotatable bonds is 5. The number of nitriles is 1. The normalized spacial score (nSPS) is 15.6. The van der Waals surface area contributed by atoms with Crippen LogP contribution in [0.3, 0.4) is 0 Å². The van der Waals surface area contributed by atoms with E-state index in [0.29, 0.717) is 11.3 Å². The topological polar surface area (TPSA) is 39.1 Å². The van der Waals surface area contributed by atoms with Gasteiger partial charge in [0.05, 0.1) is 17.3 Å². The molecule has 0 spiro atoms. The Hall–Kier alpha value is -1.60. The molecule has 96 valence electrons. The summed E-state index contributed by atoms with van der Waals surface area (Å²) in [6.45, 7) is 4.24. The molecule has 3 nitrogen and oxygen atoms in total. The highest BCUT2D eigenvalue weighted by atomic mass is 19.1. The van der Waals surface area contributed by atoms with Crippen molar-refractivity contribution in [3.8, 4) is 6.07 Å². The molecule has 1 saturated heterocycles. The van der Waals surface area contributed by atoms with Crippen LogP contribution < -0.4 is 5.32 Å². The van der Waals surface area contributed by atoms with E-state index in [0.717, 1.165) is 19.5 Å². The first-order valence-electron chi connectivity index (χ1n) is 6.45. The molecule has 0 radical (unpaired) electrons. The first-order valence-corrected chi connectivity index (χ1v) is 6.45. The predicted octanol–water partition coefficient (Wildman–Crippen LogP) is 2.60. The van der Waals surface area contributed by atoms with Crippen molar-refractivity contribution in [1.29, 1.82) is 5.26 Å². The van der Waals surface area contributed by atoms with E-state index >= 15 is 0 Å². The molecule has 18 heavy (non-hydrogen) atoms. The van der Waals surface area contributed by atoms with Gasteiger partial charge in [-0.15, -0.1) is 0 Å².